The molecule has 4 aromatic rings. The van der Waals surface area contributed by atoms with Gasteiger partial charge in [-0.05, 0) is 42.8 Å². The Hall–Kier alpha value is -4.34. The van der Waals surface area contributed by atoms with E-state index in [0.29, 0.717) is 38.4 Å². The molecule has 3 aromatic carbocycles. The van der Waals surface area contributed by atoms with Gasteiger partial charge in [-0.25, -0.2) is 4.98 Å². The van der Waals surface area contributed by atoms with Gasteiger partial charge in [0.25, 0.3) is 0 Å². The van der Waals surface area contributed by atoms with Gasteiger partial charge < -0.3 is 19.3 Å². The summed E-state index contributed by atoms with van der Waals surface area (Å²) in [6.07, 6.45) is -4.43. The largest absolute Gasteiger partial charge is 0.416 e. The summed E-state index contributed by atoms with van der Waals surface area (Å²) in [7, 11) is 0. The molecule has 0 spiro atoms. The fourth-order valence-electron chi connectivity index (χ4n) is 5.88. The van der Waals surface area contributed by atoms with Crippen LogP contribution in [0.4, 0.5) is 18.9 Å². The molecule has 7 nitrogen and oxygen atoms in total. The first-order valence-electron chi connectivity index (χ1n) is 13.7. The lowest BCUT2D eigenvalue weighted by Gasteiger charge is -2.40. The maximum absolute atomic E-state index is 14.0. The van der Waals surface area contributed by atoms with Crippen LogP contribution < -0.4 is 4.90 Å². The minimum atomic E-state index is -4.41. The average Bonchev–Trinajstić information content (AvgIpc) is 3.37. The summed E-state index contributed by atoms with van der Waals surface area (Å²) in [5.41, 5.74) is 2.37. The summed E-state index contributed by atoms with van der Waals surface area (Å²) in [6.45, 7) is 3.90. The summed E-state index contributed by atoms with van der Waals surface area (Å²) < 4.78 is 41.5. The van der Waals surface area contributed by atoms with Crippen LogP contribution in [-0.4, -0.2) is 57.3 Å². The van der Waals surface area contributed by atoms with Crippen LogP contribution in [0, 0.1) is 0 Å². The quantitative estimate of drug-likeness (QED) is 0.326. The van der Waals surface area contributed by atoms with Crippen molar-refractivity contribution in [2.75, 3.05) is 31.1 Å². The minimum Gasteiger partial charge on any atom is -0.368 e. The molecule has 0 saturated carbocycles. The molecule has 2 aliphatic rings. The van der Waals surface area contributed by atoms with Crippen molar-refractivity contribution in [2.45, 2.75) is 38.1 Å². The fourth-order valence-corrected chi connectivity index (χ4v) is 5.88. The molecule has 0 bridgehead atoms. The molecular weight excluding hydrogens is 531 g/mol. The molecular formula is C31H30F3N5O2. The van der Waals surface area contributed by atoms with Crippen LogP contribution in [0.3, 0.4) is 0 Å². The Morgan fingerprint density at radius 2 is 1.63 bits per heavy atom. The number of halogens is 3. The third kappa shape index (κ3) is 5.14. The van der Waals surface area contributed by atoms with Gasteiger partial charge in [-0.3, -0.25) is 9.59 Å². The van der Waals surface area contributed by atoms with E-state index in [2.05, 4.69) is 0 Å². The molecule has 1 fully saturated rings. The lowest BCUT2D eigenvalue weighted by molar-refractivity contribution is -0.144. The summed E-state index contributed by atoms with van der Waals surface area (Å²) in [6, 6.07) is 21.6. The molecule has 2 aliphatic heterocycles. The van der Waals surface area contributed by atoms with Gasteiger partial charge in [0, 0.05) is 38.4 Å². The van der Waals surface area contributed by atoms with Gasteiger partial charge in [0.05, 0.1) is 29.1 Å². The lowest BCUT2D eigenvalue weighted by Crippen LogP contribution is -2.51. The van der Waals surface area contributed by atoms with Crippen LogP contribution in [-0.2, 0) is 22.3 Å². The van der Waals surface area contributed by atoms with Gasteiger partial charge in [-0.15, -0.1) is 0 Å². The van der Waals surface area contributed by atoms with Crippen molar-refractivity contribution in [3.05, 3.63) is 95.8 Å². The second kappa shape index (κ2) is 10.6. The maximum atomic E-state index is 14.0. The number of amides is 2. The Kier molecular flexibility index (Phi) is 6.93. The summed E-state index contributed by atoms with van der Waals surface area (Å²) in [5.74, 6) is 0.451. The van der Waals surface area contributed by atoms with E-state index in [9.17, 15) is 22.8 Å². The number of alkyl halides is 3. The van der Waals surface area contributed by atoms with Crippen molar-refractivity contribution in [2.24, 2.45) is 0 Å². The number of aromatic nitrogens is 2. The number of hydrogen-bond donors (Lipinski definition) is 0. The molecule has 3 heterocycles. The predicted octanol–water partition coefficient (Wildman–Crippen LogP) is 5.44. The number of fused-ring (bicyclic) bond motifs is 3. The second-order valence-corrected chi connectivity index (χ2v) is 10.6. The number of para-hydroxylation sites is 2. The molecule has 10 heteroatoms. The molecule has 1 aromatic heterocycles. The second-order valence-electron chi connectivity index (χ2n) is 10.6. The first kappa shape index (κ1) is 26.9. The van der Waals surface area contributed by atoms with Crippen molar-refractivity contribution >= 4 is 28.5 Å². The van der Waals surface area contributed by atoms with Gasteiger partial charge in [0.2, 0.25) is 11.8 Å². The first-order valence-corrected chi connectivity index (χ1v) is 13.7. The van der Waals surface area contributed by atoms with Crippen molar-refractivity contribution < 1.29 is 22.8 Å². The number of benzene rings is 3. The van der Waals surface area contributed by atoms with Gasteiger partial charge in [-0.2, -0.15) is 13.2 Å². The zero-order valence-electron chi connectivity index (χ0n) is 22.6. The molecule has 0 radical (unpaired) electrons. The Morgan fingerprint density at radius 3 is 2.37 bits per heavy atom. The summed E-state index contributed by atoms with van der Waals surface area (Å²) in [5, 5.41) is 0. The lowest BCUT2D eigenvalue weighted by atomic mass is 10.0. The van der Waals surface area contributed by atoms with Crippen LogP contribution in [0.2, 0.25) is 0 Å². The summed E-state index contributed by atoms with van der Waals surface area (Å²) >= 11 is 0. The third-order valence-corrected chi connectivity index (χ3v) is 8.08. The van der Waals surface area contributed by atoms with Crippen LogP contribution in [0.15, 0.2) is 78.9 Å². The van der Waals surface area contributed by atoms with E-state index in [0.717, 1.165) is 34.6 Å². The summed E-state index contributed by atoms with van der Waals surface area (Å²) in [4.78, 5) is 37.8. The number of hydrogen-bond acceptors (Lipinski definition) is 4. The Labute approximate surface area is 235 Å². The molecule has 212 valence electrons. The van der Waals surface area contributed by atoms with Crippen molar-refractivity contribution in [1.29, 1.82) is 0 Å². The first-order chi connectivity index (χ1) is 19.7. The van der Waals surface area contributed by atoms with Crippen molar-refractivity contribution in [3.63, 3.8) is 0 Å². The standard InChI is InChI=1S/C31H30F3N5O2/c1-21-29-35-25-12-5-6-13-26(25)39(29)27(30(41)38(21)20-22-8-3-2-4-9-22)19-28(40)37-16-14-36(15-17-37)24-11-7-10-23(18-24)31(32,33)34/h2-13,18,21,27H,14-17,19-20H2,1H3/t21-,27+/m0/s1. The number of piperazine rings is 1. The van der Waals surface area contributed by atoms with E-state index in [1.165, 1.54) is 6.07 Å². The van der Waals surface area contributed by atoms with E-state index in [-0.39, 0.29) is 24.3 Å². The zero-order valence-corrected chi connectivity index (χ0v) is 22.6. The van der Waals surface area contributed by atoms with Crippen LogP contribution in [0.1, 0.15) is 42.4 Å². The number of imidazole rings is 1. The number of carbonyl (C=O) groups excluding carboxylic acids is 2. The highest BCUT2D eigenvalue weighted by molar-refractivity contribution is 5.91. The Bertz CT molecular complexity index is 1580. The monoisotopic (exact) mass is 561 g/mol. The van der Waals surface area contributed by atoms with Gasteiger partial charge in [0.15, 0.2) is 0 Å². The van der Waals surface area contributed by atoms with E-state index < -0.39 is 17.8 Å². The van der Waals surface area contributed by atoms with Crippen LogP contribution in [0.5, 0.6) is 0 Å². The Morgan fingerprint density at radius 1 is 0.927 bits per heavy atom. The van der Waals surface area contributed by atoms with E-state index in [1.54, 1.807) is 15.9 Å². The normalized spacial score (nSPS) is 19.5. The third-order valence-electron chi connectivity index (χ3n) is 8.08. The van der Waals surface area contributed by atoms with Gasteiger partial charge in [-0.1, -0.05) is 48.5 Å². The molecule has 2 atom stereocenters. The fraction of sp³-hybridized carbons (Fsp3) is 0.323. The smallest absolute Gasteiger partial charge is 0.368 e. The Balaban J connectivity index is 1.22. The highest BCUT2D eigenvalue weighted by Gasteiger charge is 2.41. The molecule has 1 saturated heterocycles. The van der Waals surface area contributed by atoms with Crippen LogP contribution in [0.25, 0.3) is 11.0 Å². The minimum absolute atomic E-state index is 0.0201. The molecule has 0 unspecified atom stereocenters. The molecule has 0 aliphatic carbocycles. The highest BCUT2D eigenvalue weighted by Crippen LogP contribution is 2.38. The van der Waals surface area contributed by atoms with Crippen molar-refractivity contribution in [1.82, 2.24) is 19.4 Å². The van der Waals surface area contributed by atoms with E-state index >= 15 is 0 Å². The van der Waals surface area contributed by atoms with E-state index in [1.807, 2.05) is 71.0 Å². The number of carbonyl (C=O) groups is 2. The van der Waals surface area contributed by atoms with Crippen molar-refractivity contribution in [3.8, 4) is 0 Å². The predicted molar refractivity (Wildman–Crippen MR) is 149 cm³/mol. The van der Waals surface area contributed by atoms with Gasteiger partial charge >= 0.3 is 6.18 Å². The van der Waals surface area contributed by atoms with E-state index in [4.69, 9.17) is 4.98 Å². The van der Waals surface area contributed by atoms with Crippen LogP contribution >= 0.6 is 0 Å². The number of nitrogens with zero attached hydrogens (tertiary/aromatic N) is 5. The molecule has 41 heavy (non-hydrogen) atoms. The SMILES string of the molecule is C[C@H]1c2nc3ccccc3n2[C@H](CC(=O)N2CCN(c3cccc(C(F)(F)F)c3)CC2)C(=O)N1Cc1ccccc1. The highest BCUT2D eigenvalue weighted by atomic mass is 19.4. The zero-order chi connectivity index (χ0) is 28.7. The molecule has 2 amide bonds. The topological polar surface area (TPSA) is 61.7 Å². The number of rotatable bonds is 5. The molecule has 0 N–H and O–H groups in total. The average molecular weight is 562 g/mol. The maximum Gasteiger partial charge on any atom is 0.416 e. The number of anilines is 1. The molecule has 6 rings (SSSR count). The van der Waals surface area contributed by atoms with Gasteiger partial charge in [0.1, 0.15) is 11.9 Å².